The van der Waals surface area contributed by atoms with Crippen LogP contribution in [-0.2, 0) is 7.05 Å². The molecule has 0 unspecified atom stereocenters. The molecular formula is C21H16ClN5S. The van der Waals surface area contributed by atoms with Gasteiger partial charge in [-0.05, 0) is 37.1 Å². The van der Waals surface area contributed by atoms with Crippen LogP contribution in [0.15, 0.2) is 66.6 Å². The largest absolute Gasteiger partial charge is 0.350 e. The zero-order valence-corrected chi connectivity index (χ0v) is 16.7. The first-order valence-corrected chi connectivity index (χ1v) is 9.65. The van der Waals surface area contributed by atoms with Crippen LogP contribution >= 0.6 is 22.9 Å². The minimum absolute atomic E-state index is 0.414. The van der Waals surface area contributed by atoms with Crippen LogP contribution in [0.5, 0.6) is 0 Å². The number of rotatable bonds is 5. The van der Waals surface area contributed by atoms with Crippen LogP contribution < -0.4 is 0 Å². The fourth-order valence-corrected chi connectivity index (χ4v) is 4.22. The average molecular weight is 406 g/mol. The van der Waals surface area contributed by atoms with E-state index in [1.165, 1.54) is 11.3 Å². The fourth-order valence-electron chi connectivity index (χ4n) is 2.97. The van der Waals surface area contributed by atoms with Gasteiger partial charge in [-0.3, -0.25) is 9.98 Å². The van der Waals surface area contributed by atoms with Crippen LogP contribution in [0.3, 0.4) is 0 Å². The molecule has 0 atom stereocenters. The van der Waals surface area contributed by atoms with Crippen LogP contribution in [0.4, 0.5) is 0 Å². The van der Waals surface area contributed by atoms with Crippen LogP contribution in [-0.4, -0.2) is 26.2 Å². The highest BCUT2D eigenvalue weighted by Crippen LogP contribution is 2.39. The lowest BCUT2D eigenvalue weighted by Gasteiger charge is -2.07. The zero-order valence-electron chi connectivity index (χ0n) is 15.1. The Kier molecular flexibility index (Phi) is 4.90. The van der Waals surface area contributed by atoms with E-state index in [1.54, 1.807) is 24.5 Å². The Bertz CT molecular complexity index is 1220. The van der Waals surface area contributed by atoms with Crippen molar-refractivity contribution in [2.45, 2.75) is 0 Å². The van der Waals surface area contributed by atoms with Gasteiger partial charge in [0, 0.05) is 36.6 Å². The van der Waals surface area contributed by atoms with E-state index < -0.39 is 0 Å². The maximum absolute atomic E-state index is 6.49. The van der Waals surface area contributed by atoms with E-state index >= 15 is 0 Å². The van der Waals surface area contributed by atoms with Crippen LogP contribution in [0.1, 0.15) is 5.69 Å². The van der Waals surface area contributed by atoms with Gasteiger partial charge >= 0.3 is 0 Å². The van der Waals surface area contributed by atoms with Gasteiger partial charge in [-0.1, -0.05) is 24.3 Å². The number of fused-ring (bicyclic) bond motifs is 1. The molecule has 0 saturated carbocycles. The summed E-state index contributed by atoms with van der Waals surface area (Å²) in [5.41, 5.74) is 4.06. The number of halogens is 1. The summed E-state index contributed by atoms with van der Waals surface area (Å²) in [6, 6.07) is 7.86. The average Bonchev–Trinajstić information content (AvgIpc) is 3.29. The fraction of sp³-hybridized carbons (Fsp3) is 0.0476. The number of aryl methyl sites for hydroxylation is 1. The number of allylic oxidation sites excluding steroid dienone is 2. The second kappa shape index (κ2) is 7.50. The molecule has 4 aromatic rings. The first-order chi connectivity index (χ1) is 13.6. The molecule has 4 heterocycles. The summed E-state index contributed by atoms with van der Waals surface area (Å²) in [6.45, 7) is 7.44. The van der Waals surface area contributed by atoms with Gasteiger partial charge in [0.1, 0.15) is 10.2 Å². The van der Waals surface area contributed by atoms with Crippen molar-refractivity contribution < 1.29 is 0 Å². The normalized spacial score (nSPS) is 11.7. The summed E-state index contributed by atoms with van der Waals surface area (Å²) in [5, 5.41) is 2.20. The van der Waals surface area contributed by atoms with Gasteiger partial charge in [-0.25, -0.2) is 9.97 Å². The quantitative estimate of drug-likeness (QED) is 0.319. The van der Waals surface area contributed by atoms with Gasteiger partial charge in [-0.15, -0.1) is 11.3 Å². The van der Waals surface area contributed by atoms with E-state index in [0.717, 1.165) is 37.7 Å². The lowest BCUT2D eigenvalue weighted by molar-refractivity contribution is 0.968. The van der Waals surface area contributed by atoms with Gasteiger partial charge in [-0.2, -0.15) is 0 Å². The van der Waals surface area contributed by atoms with Gasteiger partial charge < -0.3 is 4.57 Å². The van der Waals surface area contributed by atoms with Crippen molar-refractivity contribution in [3.63, 3.8) is 0 Å². The van der Waals surface area contributed by atoms with Gasteiger partial charge in [0.25, 0.3) is 0 Å². The Hall–Kier alpha value is -3.09. The van der Waals surface area contributed by atoms with Crippen LogP contribution in [0.25, 0.3) is 37.7 Å². The molecule has 0 aromatic carbocycles. The number of nitrogens with zero attached hydrogens (tertiary/aromatic N) is 5. The smallest absolute Gasteiger partial charge is 0.150 e. The molecule has 0 bridgehead atoms. The summed E-state index contributed by atoms with van der Waals surface area (Å²) in [7, 11) is 1.99. The third kappa shape index (κ3) is 3.17. The molecule has 0 aliphatic rings. The number of aromatic nitrogens is 4. The van der Waals surface area contributed by atoms with E-state index in [0.29, 0.717) is 10.9 Å². The van der Waals surface area contributed by atoms with E-state index in [-0.39, 0.29) is 0 Å². The minimum Gasteiger partial charge on any atom is -0.350 e. The van der Waals surface area contributed by atoms with Gasteiger partial charge in [0.2, 0.25) is 0 Å². The molecule has 0 amide bonds. The molecule has 5 nitrogen and oxygen atoms in total. The predicted molar refractivity (Wildman–Crippen MR) is 118 cm³/mol. The zero-order chi connectivity index (χ0) is 19.7. The third-order valence-electron chi connectivity index (χ3n) is 4.30. The van der Waals surface area contributed by atoms with Crippen molar-refractivity contribution in [2.75, 3.05) is 0 Å². The Labute approximate surface area is 171 Å². The van der Waals surface area contributed by atoms with Crippen molar-refractivity contribution in [3.8, 4) is 21.1 Å². The molecular weight excluding hydrogens is 390 g/mol. The Morgan fingerprint density at radius 3 is 2.89 bits per heavy atom. The number of pyridine rings is 2. The second-order valence-electron chi connectivity index (χ2n) is 6.04. The Morgan fingerprint density at radius 1 is 1.32 bits per heavy atom. The highest BCUT2D eigenvalue weighted by molar-refractivity contribution is 7.19. The maximum atomic E-state index is 6.49. The molecule has 0 saturated heterocycles. The molecule has 0 aliphatic heterocycles. The Balaban J connectivity index is 1.94. The highest BCUT2D eigenvalue weighted by Gasteiger charge is 2.18. The molecule has 138 valence electrons. The molecule has 28 heavy (non-hydrogen) atoms. The lowest BCUT2D eigenvalue weighted by Crippen LogP contribution is -1.94. The predicted octanol–water partition coefficient (Wildman–Crippen LogP) is 5.64. The van der Waals surface area contributed by atoms with Gasteiger partial charge in [0.05, 0.1) is 27.5 Å². The third-order valence-corrected chi connectivity index (χ3v) is 5.81. The van der Waals surface area contributed by atoms with Crippen molar-refractivity contribution in [2.24, 2.45) is 12.0 Å². The number of aliphatic imine (C=N–C) groups is 1. The summed E-state index contributed by atoms with van der Waals surface area (Å²) < 4.78 is 2.04. The molecule has 0 fully saturated rings. The first kappa shape index (κ1) is 18.3. The monoisotopic (exact) mass is 405 g/mol. The van der Waals surface area contributed by atoms with Gasteiger partial charge in [0.15, 0.2) is 0 Å². The molecule has 0 N–H and O–H groups in total. The summed E-state index contributed by atoms with van der Waals surface area (Å²) >= 11 is 7.97. The standard InChI is InChI=1S/C21H16ClN5S/c1-4-6-15(23-2)18-14-8-10-27(3)17(14)11-16(25-18)19-20(22)26-21(28-19)13-7-5-9-24-12-13/h4-12H,1-2H2,3H3/b15-6-. The summed E-state index contributed by atoms with van der Waals surface area (Å²) in [6.07, 6.45) is 8.95. The van der Waals surface area contributed by atoms with Crippen molar-refractivity contribution >= 4 is 46.3 Å². The summed E-state index contributed by atoms with van der Waals surface area (Å²) in [5.74, 6) is 0. The molecule has 7 heteroatoms. The van der Waals surface area contributed by atoms with E-state index in [4.69, 9.17) is 16.6 Å². The van der Waals surface area contributed by atoms with Crippen LogP contribution in [0, 0.1) is 0 Å². The van der Waals surface area contributed by atoms with Crippen molar-refractivity contribution in [3.05, 3.63) is 72.4 Å². The van der Waals surface area contributed by atoms with E-state index in [9.17, 15) is 0 Å². The van der Waals surface area contributed by atoms with Crippen LogP contribution in [0.2, 0.25) is 5.15 Å². The summed E-state index contributed by atoms with van der Waals surface area (Å²) in [4.78, 5) is 18.4. The number of thiazole rings is 1. The highest BCUT2D eigenvalue weighted by atomic mass is 35.5. The molecule has 4 aromatic heterocycles. The second-order valence-corrected chi connectivity index (χ2v) is 7.40. The minimum atomic E-state index is 0.414. The molecule has 4 rings (SSSR count). The number of hydrogen-bond acceptors (Lipinski definition) is 5. The molecule has 0 radical (unpaired) electrons. The van der Waals surface area contributed by atoms with E-state index in [2.05, 4.69) is 28.3 Å². The SMILES string of the molecule is C=C/C=C(\N=C)c1nc(-c2sc(-c3cccnc3)nc2Cl)cc2c1ccn2C. The Morgan fingerprint density at radius 2 is 2.18 bits per heavy atom. The lowest BCUT2D eigenvalue weighted by atomic mass is 10.1. The van der Waals surface area contributed by atoms with Crippen molar-refractivity contribution in [1.82, 2.24) is 19.5 Å². The molecule has 0 spiro atoms. The van der Waals surface area contributed by atoms with Crippen molar-refractivity contribution in [1.29, 1.82) is 0 Å². The first-order valence-electron chi connectivity index (χ1n) is 8.45. The van der Waals surface area contributed by atoms with E-state index in [1.807, 2.05) is 42.1 Å². The number of hydrogen-bond donors (Lipinski definition) is 0. The molecule has 0 aliphatic carbocycles. The topological polar surface area (TPSA) is 56.0 Å². The maximum Gasteiger partial charge on any atom is 0.150 e.